The molecule has 0 spiro atoms. The molecule has 2 N–H and O–H groups in total. The summed E-state index contributed by atoms with van der Waals surface area (Å²) in [5.41, 5.74) is 0. The lowest BCUT2D eigenvalue weighted by molar-refractivity contribution is -0.133. The lowest BCUT2D eigenvalue weighted by atomic mass is 9.96. The van der Waals surface area contributed by atoms with E-state index in [1.54, 1.807) is 4.90 Å². The highest BCUT2D eigenvalue weighted by Crippen LogP contribution is 2.18. The summed E-state index contributed by atoms with van der Waals surface area (Å²) in [6.45, 7) is 3.62. The minimum Gasteiger partial charge on any atom is -0.341 e. The molecule has 2 rings (SSSR count). The summed E-state index contributed by atoms with van der Waals surface area (Å²) < 4.78 is 40.5. The molecule has 25 heavy (non-hydrogen) atoms. The van der Waals surface area contributed by atoms with Crippen LogP contribution in [0, 0.1) is 11.7 Å². The number of likely N-dealkylation sites (tertiary alicyclic amines) is 1. The molecule has 142 valence electrons. The fourth-order valence-corrected chi connectivity index (χ4v) is 4.21. The number of halogens is 2. The Hall–Kier alpha value is -1.22. The monoisotopic (exact) mass is 393 g/mol. The summed E-state index contributed by atoms with van der Waals surface area (Å²) in [7, 11) is -2.18. The molecule has 6 nitrogen and oxygen atoms in total. The molecule has 1 heterocycles. The highest BCUT2D eigenvalue weighted by molar-refractivity contribution is 7.89. The molecule has 0 bridgehead atoms. The van der Waals surface area contributed by atoms with Crippen LogP contribution in [-0.2, 0) is 14.8 Å². The third kappa shape index (κ3) is 5.64. The van der Waals surface area contributed by atoms with E-state index in [2.05, 4.69) is 10.0 Å². The van der Waals surface area contributed by atoms with Gasteiger partial charge in [-0.15, -0.1) is 12.4 Å². The van der Waals surface area contributed by atoms with Crippen molar-refractivity contribution < 1.29 is 17.6 Å². The molecule has 1 saturated heterocycles. The molecule has 1 aromatic rings. The van der Waals surface area contributed by atoms with E-state index in [-0.39, 0.29) is 18.3 Å². The second-order valence-electron chi connectivity index (χ2n) is 6.10. The van der Waals surface area contributed by atoms with Crippen LogP contribution in [0.2, 0.25) is 0 Å². The van der Waals surface area contributed by atoms with Crippen LogP contribution in [0.25, 0.3) is 0 Å². The van der Waals surface area contributed by atoms with Gasteiger partial charge in [0.25, 0.3) is 0 Å². The molecule has 1 unspecified atom stereocenters. The minimum atomic E-state index is -4.08. The van der Waals surface area contributed by atoms with E-state index >= 15 is 0 Å². The number of amides is 1. The number of benzene rings is 1. The molecule has 1 aliphatic rings. The van der Waals surface area contributed by atoms with Crippen molar-refractivity contribution >= 4 is 28.3 Å². The van der Waals surface area contributed by atoms with Gasteiger partial charge in [0.2, 0.25) is 15.9 Å². The number of nitrogens with zero attached hydrogens (tertiary/aromatic N) is 1. The maximum absolute atomic E-state index is 13.7. The van der Waals surface area contributed by atoms with Gasteiger partial charge in [0, 0.05) is 13.1 Å². The average Bonchev–Trinajstić information content (AvgIpc) is 2.55. The van der Waals surface area contributed by atoms with Crippen molar-refractivity contribution in [2.45, 2.75) is 30.7 Å². The number of hydrogen-bond acceptors (Lipinski definition) is 4. The molecule has 1 fully saturated rings. The predicted octanol–water partition coefficient (Wildman–Crippen LogP) is 1.37. The van der Waals surface area contributed by atoms with Crippen LogP contribution in [0.5, 0.6) is 0 Å². The molecular weight excluding hydrogens is 369 g/mol. The van der Waals surface area contributed by atoms with Gasteiger partial charge in [0.15, 0.2) is 0 Å². The Kier molecular flexibility index (Phi) is 8.27. The van der Waals surface area contributed by atoms with E-state index in [0.29, 0.717) is 19.0 Å². The molecule has 0 saturated carbocycles. The van der Waals surface area contributed by atoms with Gasteiger partial charge in [0.05, 0.1) is 6.04 Å². The van der Waals surface area contributed by atoms with Crippen LogP contribution in [0.15, 0.2) is 29.2 Å². The van der Waals surface area contributed by atoms with Crippen LogP contribution in [-0.4, -0.2) is 51.9 Å². The van der Waals surface area contributed by atoms with Crippen molar-refractivity contribution in [3.8, 4) is 0 Å². The summed E-state index contributed by atoms with van der Waals surface area (Å²) in [4.78, 5) is 13.7. The quantitative estimate of drug-likeness (QED) is 0.765. The Balaban J connectivity index is 0.00000312. The second kappa shape index (κ2) is 9.47. The van der Waals surface area contributed by atoms with Gasteiger partial charge in [-0.3, -0.25) is 4.79 Å². The lowest BCUT2D eigenvalue weighted by Gasteiger charge is -2.33. The topological polar surface area (TPSA) is 78.5 Å². The first kappa shape index (κ1) is 21.8. The fraction of sp³-hybridized carbons (Fsp3) is 0.562. The SMILES string of the molecule is CNCC1CCN(C(=O)C(C)NS(=O)(=O)c2ccccc2F)CC1.Cl. The first-order valence-corrected chi connectivity index (χ1v) is 9.53. The van der Waals surface area contributed by atoms with Gasteiger partial charge in [-0.2, -0.15) is 4.72 Å². The van der Waals surface area contributed by atoms with Crippen molar-refractivity contribution in [1.82, 2.24) is 14.9 Å². The molecule has 0 aromatic heterocycles. The van der Waals surface area contributed by atoms with Crippen molar-refractivity contribution in [2.75, 3.05) is 26.7 Å². The van der Waals surface area contributed by atoms with Crippen molar-refractivity contribution in [3.05, 3.63) is 30.1 Å². The van der Waals surface area contributed by atoms with Gasteiger partial charge in [-0.25, -0.2) is 12.8 Å². The average molecular weight is 394 g/mol. The van der Waals surface area contributed by atoms with E-state index in [1.165, 1.54) is 25.1 Å². The second-order valence-corrected chi connectivity index (χ2v) is 7.78. The fourth-order valence-electron chi connectivity index (χ4n) is 2.93. The normalized spacial score (nSPS) is 17.0. The Labute approximate surface area is 154 Å². The molecule has 1 amide bonds. The smallest absolute Gasteiger partial charge is 0.244 e. The zero-order valence-corrected chi connectivity index (χ0v) is 16.0. The first-order chi connectivity index (χ1) is 11.3. The zero-order chi connectivity index (χ0) is 17.7. The van der Waals surface area contributed by atoms with E-state index in [0.717, 1.165) is 25.5 Å². The molecule has 0 aliphatic carbocycles. The molecule has 1 atom stereocenters. The highest BCUT2D eigenvalue weighted by Gasteiger charge is 2.29. The summed E-state index contributed by atoms with van der Waals surface area (Å²) >= 11 is 0. The van der Waals surface area contributed by atoms with Gasteiger partial charge < -0.3 is 10.2 Å². The van der Waals surface area contributed by atoms with Gasteiger partial charge in [-0.05, 0) is 51.4 Å². The Morgan fingerprint density at radius 1 is 1.32 bits per heavy atom. The number of carbonyl (C=O) groups excluding carboxylic acids is 1. The van der Waals surface area contributed by atoms with Gasteiger partial charge in [-0.1, -0.05) is 12.1 Å². The summed E-state index contributed by atoms with van der Waals surface area (Å²) in [6, 6.07) is 4.18. The van der Waals surface area contributed by atoms with Crippen LogP contribution in [0.1, 0.15) is 19.8 Å². The van der Waals surface area contributed by atoms with Gasteiger partial charge in [0.1, 0.15) is 10.7 Å². The zero-order valence-electron chi connectivity index (χ0n) is 14.4. The van der Waals surface area contributed by atoms with Crippen LogP contribution < -0.4 is 10.0 Å². The summed E-state index contributed by atoms with van der Waals surface area (Å²) in [5.74, 6) is -0.584. The number of sulfonamides is 1. The van der Waals surface area contributed by atoms with Crippen LogP contribution >= 0.6 is 12.4 Å². The lowest BCUT2D eigenvalue weighted by Crippen LogP contribution is -2.49. The largest absolute Gasteiger partial charge is 0.341 e. The maximum atomic E-state index is 13.7. The Morgan fingerprint density at radius 2 is 1.92 bits per heavy atom. The molecule has 0 radical (unpaired) electrons. The maximum Gasteiger partial charge on any atom is 0.244 e. The van der Waals surface area contributed by atoms with E-state index in [9.17, 15) is 17.6 Å². The standard InChI is InChI=1S/C16H24FN3O3S.ClH/c1-12(16(21)20-9-7-13(8-10-20)11-18-2)19-24(22,23)15-6-4-3-5-14(15)17;/h3-6,12-13,18-19H,7-11H2,1-2H3;1H. The molecular formula is C16H25ClFN3O3S. The van der Waals surface area contributed by atoms with Gasteiger partial charge >= 0.3 is 0 Å². The Bertz CT molecular complexity index is 679. The number of piperidine rings is 1. The summed E-state index contributed by atoms with van der Waals surface area (Å²) in [6.07, 6.45) is 1.78. The van der Waals surface area contributed by atoms with Crippen LogP contribution in [0.4, 0.5) is 4.39 Å². The first-order valence-electron chi connectivity index (χ1n) is 8.05. The highest BCUT2D eigenvalue weighted by atomic mass is 35.5. The van der Waals surface area contributed by atoms with Crippen molar-refractivity contribution in [3.63, 3.8) is 0 Å². The number of carbonyl (C=O) groups is 1. The number of hydrogen-bond donors (Lipinski definition) is 2. The summed E-state index contributed by atoms with van der Waals surface area (Å²) in [5, 5.41) is 3.13. The molecule has 1 aliphatic heterocycles. The van der Waals surface area contributed by atoms with E-state index in [4.69, 9.17) is 0 Å². The number of rotatable bonds is 6. The molecule has 9 heteroatoms. The van der Waals surface area contributed by atoms with Crippen LogP contribution in [0.3, 0.4) is 0 Å². The molecule has 1 aromatic carbocycles. The van der Waals surface area contributed by atoms with E-state index in [1.807, 2.05) is 7.05 Å². The number of nitrogens with one attached hydrogen (secondary N) is 2. The third-order valence-electron chi connectivity index (χ3n) is 4.25. The van der Waals surface area contributed by atoms with Crippen molar-refractivity contribution in [2.24, 2.45) is 5.92 Å². The third-order valence-corrected chi connectivity index (χ3v) is 5.82. The van der Waals surface area contributed by atoms with E-state index < -0.39 is 26.8 Å². The minimum absolute atomic E-state index is 0. The Morgan fingerprint density at radius 3 is 2.48 bits per heavy atom. The van der Waals surface area contributed by atoms with Crippen molar-refractivity contribution in [1.29, 1.82) is 0 Å². The predicted molar refractivity (Wildman–Crippen MR) is 96.7 cm³/mol.